The molecule has 0 aromatic heterocycles. The lowest BCUT2D eigenvalue weighted by atomic mass is 9.70. The first-order chi connectivity index (χ1) is 12.7. The van der Waals surface area contributed by atoms with Crippen molar-refractivity contribution in [3.05, 3.63) is 29.8 Å². The largest absolute Gasteiger partial charge is 0.494 e. The molecule has 3 rings (SSSR count). The maximum Gasteiger partial charge on any atom is 0.119 e. The van der Waals surface area contributed by atoms with Crippen molar-refractivity contribution < 1.29 is 14.2 Å². The van der Waals surface area contributed by atoms with Gasteiger partial charge >= 0.3 is 0 Å². The molecule has 2 heterocycles. The summed E-state index contributed by atoms with van der Waals surface area (Å²) < 4.78 is 16.9. The molecule has 1 aromatic carbocycles. The molecule has 5 heteroatoms. The van der Waals surface area contributed by atoms with E-state index in [1.54, 1.807) is 0 Å². The lowest BCUT2D eigenvalue weighted by molar-refractivity contribution is 0.0358. The van der Waals surface area contributed by atoms with Crippen LogP contribution in [0.2, 0.25) is 0 Å². The highest BCUT2D eigenvalue weighted by Crippen LogP contribution is 2.39. The van der Waals surface area contributed by atoms with Gasteiger partial charge in [0.1, 0.15) is 5.75 Å². The number of ether oxygens (including phenoxy) is 3. The summed E-state index contributed by atoms with van der Waals surface area (Å²) in [5, 5.41) is 0. The van der Waals surface area contributed by atoms with Crippen LogP contribution in [-0.2, 0) is 14.9 Å². The maximum absolute atomic E-state index is 6.14. The minimum Gasteiger partial charge on any atom is -0.494 e. The number of hydrogen-bond donors (Lipinski definition) is 1. The van der Waals surface area contributed by atoms with Crippen LogP contribution in [0.4, 0.5) is 0 Å². The Hall–Kier alpha value is -1.14. The Morgan fingerprint density at radius 1 is 1.08 bits per heavy atom. The van der Waals surface area contributed by atoms with E-state index < -0.39 is 0 Å². The van der Waals surface area contributed by atoms with Gasteiger partial charge in [-0.15, -0.1) is 0 Å². The van der Waals surface area contributed by atoms with E-state index in [-0.39, 0.29) is 11.5 Å². The van der Waals surface area contributed by atoms with Crippen LogP contribution in [-0.4, -0.2) is 63.6 Å². The van der Waals surface area contributed by atoms with Crippen molar-refractivity contribution in [3.8, 4) is 5.75 Å². The van der Waals surface area contributed by atoms with E-state index in [2.05, 4.69) is 36.1 Å². The van der Waals surface area contributed by atoms with E-state index in [1.807, 2.05) is 0 Å². The summed E-state index contributed by atoms with van der Waals surface area (Å²) in [7, 11) is 0. The van der Waals surface area contributed by atoms with Crippen LogP contribution in [0.1, 0.15) is 38.2 Å². The zero-order valence-electron chi connectivity index (χ0n) is 16.1. The van der Waals surface area contributed by atoms with Crippen LogP contribution in [0.25, 0.3) is 0 Å². The van der Waals surface area contributed by atoms with Gasteiger partial charge in [0.25, 0.3) is 0 Å². The Bertz CT molecular complexity index is 521. The fourth-order valence-electron chi connectivity index (χ4n) is 4.20. The Labute approximate surface area is 157 Å². The van der Waals surface area contributed by atoms with Gasteiger partial charge in [0.15, 0.2) is 0 Å². The van der Waals surface area contributed by atoms with E-state index in [1.165, 1.54) is 5.56 Å². The van der Waals surface area contributed by atoms with Gasteiger partial charge in [0.05, 0.1) is 19.8 Å². The van der Waals surface area contributed by atoms with Gasteiger partial charge in [-0.05, 0) is 50.3 Å². The van der Waals surface area contributed by atoms with Crippen LogP contribution in [0.3, 0.4) is 0 Å². The maximum atomic E-state index is 6.14. The second-order valence-corrected chi connectivity index (χ2v) is 7.75. The summed E-state index contributed by atoms with van der Waals surface area (Å²) in [6.07, 6.45) is 4.16. The molecule has 0 bridgehead atoms. The number of rotatable bonds is 8. The molecule has 2 saturated heterocycles. The van der Waals surface area contributed by atoms with Crippen LogP contribution >= 0.6 is 0 Å². The predicted octanol–water partition coefficient (Wildman–Crippen LogP) is 2.57. The quantitative estimate of drug-likeness (QED) is 0.721. The van der Waals surface area contributed by atoms with Gasteiger partial charge in [0, 0.05) is 44.3 Å². The average Bonchev–Trinajstić information content (AvgIpc) is 2.67. The highest BCUT2D eigenvalue weighted by atomic mass is 16.5. The molecule has 1 atom stereocenters. The van der Waals surface area contributed by atoms with Gasteiger partial charge in [-0.1, -0.05) is 12.1 Å². The Kier molecular flexibility index (Phi) is 7.32. The monoisotopic (exact) mass is 362 g/mol. The van der Waals surface area contributed by atoms with Crippen molar-refractivity contribution in [2.75, 3.05) is 52.7 Å². The zero-order chi connectivity index (χ0) is 18.2. The Morgan fingerprint density at radius 2 is 1.73 bits per heavy atom. The second-order valence-electron chi connectivity index (χ2n) is 7.75. The van der Waals surface area contributed by atoms with Crippen LogP contribution in [0, 0.1) is 0 Å². The molecule has 0 saturated carbocycles. The molecule has 26 heavy (non-hydrogen) atoms. The Balaban J connectivity index is 1.50. The molecule has 146 valence electrons. The van der Waals surface area contributed by atoms with Gasteiger partial charge in [-0.2, -0.15) is 0 Å². The van der Waals surface area contributed by atoms with Crippen molar-refractivity contribution >= 4 is 0 Å². The standard InChI is InChI=1S/C21H34N2O3/c1-18(22)17-21(7-13-24-14-8-21)19-3-5-20(6-4-19)26-12-2-9-23-10-15-25-16-11-23/h3-6,18H,2,7-17,22H2,1H3. The third kappa shape index (κ3) is 5.43. The molecule has 0 amide bonds. The highest BCUT2D eigenvalue weighted by molar-refractivity contribution is 5.33. The van der Waals surface area contributed by atoms with Crippen molar-refractivity contribution in [1.29, 1.82) is 0 Å². The van der Waals surface area contributed by atoms with Crippen LogP contribution in [0.15, 0.2) is 24.3 Å². The van der Waals surface area contributed by atoms with E-state index in [0.717, 1.165) is 84.1 Å². The SMILES string of the molecule is CC(N)CC1(c2ccc(OCCCN3CCOCC3)cc2)CCOCC1. The van der Waals surface area contributed by atoms with E-state index in [4.69, 9.17) is 19.9 Å². The molecule has 5 nitrogen and oxygen atoms in total. The highest BCUT2D eigenvalue weighted by Gasteiger charge is 2.35. The summed E-state index contributed by atoms with van der Waals surface area (Å²) in [6, 6.07) is 8.88. The van der Waals surface area contributed by atoms with E-state index in [0.29, 0.717) is 0 Å². The first-order valence-electron chi connectivity index (χ1n) is 10.0. The molecular weight excluding hydrogens is 328 g/mol. The number of hydrogen-bond acceptors (Lipinski definition) is 5. The summed E-state index contributed by atoms with van der Waals surface area (Å²) in [4.78, 5) is 2.44. The van der Waals surface area contributed by atoms with E-state index in [9.17, 15) is 0 Å². The van der Waals surface area contributed by atoms with Crippen molar-refractivity contribution in [2.24, 2.45) is 5.73 Å². The molecule has 1 unspecified atom stereocenters. The fourth-order valence-corrected chi connectivity index (χ4v) is 4.20. The molecule has 2 aliphatic heterocycles. The van der Waals surface area contributed by atoms with Gasteiger partial charge in [0.2, 0.25) is 0 Å². The van der Waals surface area contributed by atoms with Crippen molar-refractivity contribution in [1.82, 2.24) is 4.90 Å². The third-order valence-corrected chi connectivity index (χ3v) is 5.62. The van der Waals surface area contributed by atoms with Gasteiger partial charge in [-0.3, -0.25) is 4.90 Å². The molecule has 0 spiro atoms. The summed E-state index contributed by atoms with van der Waals surface area (Å²) in [5.41, 5.74) is 7.67. The lowest BCUT2D eigenvalue weighted by Gasteiger charge is -2.39. The summed E-state index contributed by atoms with van der Waals surface area (Å²) >= 11 is 0. The second kappa shape index (κ2) is 9.70. The average molecular weight is 363 g/mol. The zero-order valence-corrected chi connectivity index (χ0v) is 16.1. The molecule has 1 aromatic rings. The summed E-state index contributed by atoms with van der Waals surface area (Å²) in [5.74, 6) is 0.957. The molecule has 0 aliphatic carbocycles. The minimum atomic E-state index is 0.154. The van der Waals surface area contributed by atoms with Gasteiger partial charge < -0.3 is 19.9 Å². The number of nitrogens with zero attached hydrogens (tertiary/aromatic N) is 1. The van der Waals surface area contributed by atoms with Crippen LogP contribution < -0.4 is 10.5 Å². The lowest BCUT2D eigenvalue weighted by Crippen LogP contribution is -2.38. The first kappa shape index (κ1) is 19.6. The third-order valence-electron chi connectivity index (χ3n) is 5.62. The topological polar surface area (TPSA) is 57.0 Å². The number of nitrogens with two attached hydrogens (primary N) is 1. The van der Waals surface area contributed by atoms with Crippen LogP contribution in [0.5, 0.6) is 5.75 Å². The van der Waals surface area contributed by atoms with Crippen molar-refractivity contribution in [3.63, 3.8) is 0 Å². The minimum absolute atomic E-state index is 0.154. The van der Waals surface area contributed by atoms with E-state index >= 15 is 0 Å². The smallest absolute Gasteiger partial charge is 0.119 e. The van der Waals surface area contributed by atoms with Gasteiger partial charge in [-0.25, -0.2) is 0 Å². The molecule has 2 N–H and O–H groups in total. The fraction of sp³-hybridized carbons (Fsp3) is 0.714. The number of morpholine rings is 1. The first-order valence-corrected chi connectivity index (χ1v) is 10.0. The molecular formula is C21H34N2O3. The Morgan fingerprint density at radius 3 is 2.38 bits per heavy atom. The van der Waals surface area contributed by atoms with Crippen molar-refractivity contribution in [2.45, 2.75) is 44.1 Å². The molecule has 2 aliphatic rings. The number of benzene rings is 1. The predicted molar refractivity (Wildman–Crippen MR) is 104 cm³/mol. The summed E-state index contributed by atoms with van der Waals surface area (Å²) in [6.45, 7) is 9.39. The normalized spacial score (nSPS) is 22.1. The molecule has 2 fully saturated rings. The molecule has 0 radical (unpaired) electrons.